The van der Waals surface area contributed by atoms with Gasteiger partial charge in [-0.3, -0.25) is 4.79 Å². The van der Waals surface area contributed by atoms with Crippen molar-refractivity contribution in [2.45, 2.75) is 21.9 Å². The van der Waals surface area contributed by atoms with Crippen LogP contribution in [0.15, 0.2) is 39.4 Å². The number of anilines is 1. The molecule has 14 heteroatoms. The number of piperidine rings is 1. The fraction of sp³-hybridized carbons (Fsp3) is 0.455. The summed E-state index contributed by atoms with van der Waals surface area (Å²) in [5.74, 6) is -0.405. The molecule has 1 atom stereocenters. The molecule has 1 aromatic carbocycles. The van der Waals surface area contributed by atoms with Crippen LogP contribution in [0.2, 0.25) is 4.34 Å². The number of benzene rings is 1. The van der Waals surface area contributed by atoms with Crippen LogP contribution in [0.25, 0.3) is 10.2 Å². The minimum Gasteiger partial charge on any atom is -0.345 e. The highest BCUT2D eigenvalue weighted by Crippen LogP contribution is 2.34. The normalized spacial score (nSPS) is 20.2. The van der Waals surface area contributed by atoms with Gasteiger partial charge in [0.25, 0.3) is 10.0 Å². The quantitative estimate of drug-likeness (QED) is 0.450. The number of hydrogen-bond acceptors (Lipinski definition) is 9. The molecule has 3 aromatic rings. The summed E-state index contributed by atoms with van der Waals surface area (Å²) in [5.41, 5.74) is 0.481. The van der Waals surface area contributed by atoms with Gasteiger partial charge in [-0.25, -0.2) is 21.8 Å². The van der Waals surface area contributed by atoms with Crippen LogP contribution in [0.5, 0.6) is 0 Å². The second kappa shape index (κ2) is 9.84. The van der Waals surface area contributed by atoms with Gasteiger partial charge in [0.1, 0.15) is 9.73 Å². The van der Waals surface area contributed by atoms with Crippen molar-refractivity contribution in [2.75, 3.05) is 50.4 Å². The molecule has 1 unspecified atom stereocenters. The topological polar surface area (TPSA) is 108 Å². The number of para-hydroxylation sites is 1. The number of rotatable bonds is 5. The summed E-state index contributed by atoms with van der Waals surface area (Å²) in [6.45, 7) is 2.70. The predicted molar refractivity (Wildman–Crippen MR) is 142 cm³/mol. The number of nitrogens with zero attached hydrogens (tertiary/aromatic N) is 4. The molecule has 1 amide bonds. The Hall–Kier alpha value is -1.77. The largest absolute Gasteiger partial charge is 0.345 e. The summed E-state index contributed by atoms with van der Waals surface area (Å²) in [6, 6.07) is 8.22. The van der Waals surface area contributed by atoms with Crippen LogP contribution >= 0.6 is 34.3 Å². The van der Waals surface area contributed by atoms with Gasteiger partial charge in [-0.05, 0) is 37.1 Å². The number of fused-ring (bicyclic) bond motifs is 1. The van der Waals surface area contributed by atoms with Crippen LogP contribution in [0, 0.1) is 5.92 Å². The Labute approximate surface area is 223 Å². The number of carbonyl (C=O) groups excluding carboxylic acids is 1. The molecule has 36 heavy (non-hydrogen) atoms. The van der Waals surface area contributed by atoms with E-state index in [0.717, 1.165) is 21.2 Å². The smallest absolute Gasteiger partial charge is 0.252 e. The molecule has 4 heterocycles. The summed E-state index contributed by atoms with van der Waals surface area (Å²) < 4.78 is 53.1. The molecule has 5 rings (SSSR count). The van der Waals surface area contributed by atoms with E-state index in [1.54, 1.807) is 23.1 Å². The maximum atomic E-state index is 13.3. The maximum Gasteiger partial charge on any atom is 0.252 e. The number of halogens is 1. The third kappa shape index (κ3) is 5.01. The SMILES string of the molecule is CS(=O)(=O)c1cccc2sc(N3CCN(C(=O)C4CCCN(S(=O)(=O)c5ccc(Cl)s5)C4)CC3)nc12. The van der Waals surface area contributed by atoms with Gasteiger partial charge in [-0.15, -0.1) is 11.3 Å². The van der Waals surface area contributed by atoms with Crippen LogP contribution < -0.4 is 4.90 Å². The number of carbonyl (C=O) groups is 1. The molecule has 2 fully saturated rings. The number of thiazole rings is 1. The average molecular weight is 589 g/mol. The van der Waals surface area contributed by atoms with Crippen LogP contribution in [0.1, 0.15) is 12.8 Å². The molecular formula is C22H25ClN4O5S4. The molecule has 2 saturated heterocycles. The Morgan fingerprint density at radius 2 is 1.78 bits per heavy atom. The Morgan fingerprint density at radius 1 is 1.03 bits per heavy atom. The van der Waals surface area contributed by atoms with E-state index in [-0.39, 0.29) is 27.5 Å². The van der Waals surface area contributed by atoms with Gasteiger partial charge in [-0.1, -0.05) is 29.0 Å². The Balaban J connectivity index is 1.24. The molecule has 194 valence electrons. The second-order valence-electron chi connectivity index (χ2n) is 8.94. The Morgan fingerprint density at radius 3 is 2.44 bits per heavy atom. The number of thiophene rings is 1. The number of hydrogen-bond donors (Lipinski definition) is 0. The lowest BCUT2D eigenvalue weighted by Gasteiger charge is -2.38. The van der Waals surface area contributed by atoms with E-state index >= 15 is 0 Å². The van der Waals surface area contributed by atoms with Crippen molar-refractivity contribution in [3.63, 3.8) is 0 Å². The lowest BCUT2D eigenvalue weighted by atomic mass is 9.98. The zero-order valence-electron chi connectivity index (χ0n) is 19.5. The van der Waals surface area contributed by atoms with Crippen LogP contribution in [-0.2, 0) is 24.7 Å². The van der Waals surface area contributed by atoms with E-state index < -0.39 is 19.9 Å². The number of piperazine rings is 1. The molecule has 2 aromatic heterocycles. The molecule has 9 nitrogen and oxygen atoms in total. The zero-order valence-corrected chi connectivity index (χ0v) is 23.5. The van der Waals surface area contributed by atoms with E-state index in [0.29, 0.717) is 55.4 Å². The second-order valence-corrected chi connectivity index (χ2v) is 15.8. The van der Waals surface area contributed by atoms with Gasteiger partial charge in [-0.2, -0.15) is 4.31 Å². The van der Waals surface area contributed by atoms with Crippen molar-refractivity contribution < 1.29 is 21.6 Å². The molecule has 0 radical (unpaired) electrons. The lowest BCUT2D eigenvalue weighted by Crippen LogP contribution is -2.53. The highest BCUT2D eigenvalue weighted by atomic mass is 35.5. The predicted octanol–water partition coefficient (Wildman–Crippen LogP) is 3.16. The van der Waals surface area contributed by atoms with Crippen LogP contribution in [0.3, 0.4) is 0 Å². The molecule has 0 saturated carbocycles. The van der Waals surface area contributed by atoms with Crippen molar-refractivity contribution in [3.05, 3.63) is 34.7 Å². The monoisotopic (exact) mass is 588 g/mol. The van der Waals surface area contributed by atoms with E-state index in [9.17, 15) is 21.6 Å². The third-order valence-corrected chi connectivity index (χ3v) is 12.3. The van der Waals surface area contributed by atoms with Gasteiger partial charge in [0, 0.05) is 45.5 Å². The van der Waals surface area contributed by atoms with Gasteiger partial charge in [0.2, 0.25) is 5.91 Å². The Kier molecular flexibility index (Phi) is 7.07. The van der Waals surface area contributed by atoms with E-state index in [1.165, 1.54) is 28.0 Å². The molecule has 0 aliphatic carbocycles. The zero-order chi connectivity index (χ0) is 25.7. The molecular weight excluding hydrogens is 564 g/mol. The Bertz CT molecular complexity index is 1510. The molecule has 0 spiro atoms. The minimum atomic E-state index is -3.67. The molecule has 2 aliphatic rings. The maximum absolute atomic E-state index is 13.3. The van der Waals surface area contributed by atoms with Crippen LogP contribution in [-0.4, -0.2) is 82.5 Å². The minimum absolute atomic E-state index is 0.0255. The number of aromatic nitrogens is 1. The molecule has 0 N–H and O–H groups in total. The molecule has 0 bridgehead atoms. The average Bonchev–Trinajstić information content (AvgIpc) is 3.50. The summed E-state index contributed by atoms with van der Waals surface area (Å²) >= 11 is 8.40. The van der Waals surface area contributed by atoms with Crippen LogP contribution in [0.4, 0.5) is 5.13 Å². The number of amides is 1. The van der Waals surface area contributed by atoms with E-state index in [2.05, 4.69) is 9.88 Å². The number of sulfone groups is 1. The van der Waals surface area contributed by atoms with Crippen molar-refractivity contribution in [1.82, 2.24) is 14.2 Å². The van der Waals surface area contributed by atoms with Crippen molar-refractivity contribution in [2.24, 2.45) is 5.92 Å². The summed E-state index contributed by atoms with van der Waals surface area (Å²) in [4.78, 5) is 22.0. The fourth-order valence-electron chi connectivity index (χ4n) is 4.65. The summed E-state index contributed by atoms with van der Waals surface area (Å²) in [6.07, 6.45) is 2.46. The van der Waals surface area contributed by atoms with Gasteiger partial charge >= 0.3 is 0 Å². The highest BCUT2D eigenvalue weighted by Gasteiger charge is 2.36. The highest BCUT2D eigenvalue weighted by molar-refractivity contribution is 7.91. The number of sulfonamides is 1. The first-order valence-corrected chi connectivity index (χ1v) is 16.8. The third-order valence-electron chi connectivity index (χ3n) is 6.51. The first kappa shape index (κ1) is 25.9. The van der Waals surface area contributed by atoms with Crippen molar-refractivity contribution >= 4 is 75.4 Å². The van der Waals surface area contributed by atoms with Crippen molar-refractivity contribution in [1.29, 1.82) is 0 Å². The van der Waals surface area contributed by atoms with Gasteiger partial charge in [0.15, 0.2) is 15.0 Å². The lowest BCUT2D eigenvalue weighted by molar-refractivity contribution is -0.137. The standard InChI is InChI=1S/C22H25ClN4O5S4/c1-35(29,30)17-6-2-5-16-20(17)24-22(33-16)26-12-10-25(11-13-26)21(28)15-4-3-9-27(14-15)36(31,32)19-8-7-18(23)34-19/h2,5-8,15H,3-4,9-14H2,1H3. The van der Waals surface area contributed by atoms with Gasteiger partial charge in [0.05, 0.1) is 19.8 Å². The van der Waals surface area contributed by atoms with E-state index in [4.69, 9.17) is 11.6 Å². The fourth-order valence-corrected chi connectivity index (χ4v) is 9.75. The van der Waals surface area contributed by atoms with Crippen molar-refractivity contribution in [3.8, 4) is 0 Å². The molecule has 2 aliphatic heterocycles. The summed E-state index contributed by atoms with van der Waals surface area (Å²) in [5, 5.41) is 0.734. The van der Waals surface area contributed by atoms with Gasteiger partial charge < -0.3 is 9.80 Å². The summed E-state index contributed by atoms with van der Waals surface area (Å²) in [7, 11) is -7.06. The first-order chi connectivity index (χ1) is 17.0. The first-order valence-electron chi connectivity index (χ1n) is 11.4. The van der Waals surface area contributed by atoms with E-state index in [1.807, 2.05) is 6.07 Å².